The summed E-state index contributed by atoms with van der Waals surface area (Å²) in [5.41, 5.74) is 8.75. The second kappa shape index (κ2) is 9.82. The first-order valence-electron chi connectivity index (χ1n) is 10.8. The quantitative estimate of drug-likeness (QED) is 0.274. The molecule has 34 heavy (non-hydrogen) atoms. The highest BCUT2D eigenvalue weighted by Crippen LogP contribution is 2.61. The second-order valence-corrected chi connectivity index (χ2v) is 10.2. The summed E-state index contributed by atoms with van der Waals surface area (Å²) in [7, 11) is -3.57. The number of hydrogen-bond acceptors (Lipinski definition) is 8. The van der Waals surface area contributed by atoms with Crippen LogP contribution in [0.15, 0.2) is 67.3 Å². The third-order valence-electron chi connectivity index (χ3n) is 5.55. The van der Waals surface area contributed by atoms with Crippen molar-refractivity contribution < 1.29 is 18.3 Å². The van der Waals surface area contributed by atoms with Crippen LogP contribution in [0.1, 0.15) is 29.8 Å². The molecule has 0 amide bonds. The molecule has 0 radical (unpaired) electrons. The zero-order valence-corrected chi connectivity index (χ0v) is 19.8. The molecule has 176 valence electrons. The van der Waals surface area contributed by atoms with Gasteiger partial charge >= 0.3 is 7.60 Å². The third kappa shape index (κ3) is 4.99. The molecule has 3 atom stereocenters. The first kappa shape index (κ1) is 23.0. The van der Waals surface area contributed by atoms with Crippen LogP contribution in [0.25, 0.3) is 11.2 Å². The van der Waals surface area contributed by atoms with E-state index >= 15 is 0 Å². The molecule has 1 fully saturated rings. The summed E-state index contributed by atoms with van der Waals surface area (Å²) in [4.78, 5) is 12.4. The van der Waals surface area contributed by atoms with Gasteiger partial charge in [0.1, 0.15) is 18.2 Å². The van der Waals surface area contributed by atoms with Crippen LogP contribution >= 0.6 is 19.2 Å². The summed E-state index contributed by atoms with van der Waals surface area (Å²) in [6.45, 7) is 0.691. The predicted molar refractivity (Wildman–Crippen MR) is 128 cm³/mol. The second-order valence-electron chi connectivity index (χ2n) is 7.91. The smallest absolute Gasteiger partial charge is 0.357 e. The number of imidazole rings is 1. The summed E-state index contributed by atoms with van der Waals surface area (Å²) < 4.78 is 33.2. The van der Waals surface area contributed by atoms with E-state index in [1.54, 1.807) is 17.0 Å². The van der Waals surface area contributed by atoms with Gasteiger partial charge in [-0.2, -0.15) is 0 Å². The first-order chi connectivity index (χ1) is 16.5. The number of ether oxygens (including phenoxy) is 1. The number of hydrogen-bond donors (Lipinski definition) is 1. The van der Waals surface area contributed by atoms with Gasteiger partial charge in [0, 0.05) is 18.0 Å². The van der Waals surface area contributed by atoms with Crippen molar-refractivity contribution in [3.63, 3.8) is 0 Å². The lowest BCUT2D eigenvalue weighted by atomic mass is 9.99. The van der Waals surface area contributed by atoms with Gasteiger partial charge in [0.05, 0.1) is 25.1 Å². The summed E-state index contributed by atoms with van der Waals surface area (Å²) in [5, 5.41) is 0.590. The maximum Gasteiger partial charge on any atom is 0.357 e. The average molecular weight is 500 g/mol. The van der Waals surface area contributed by atoms with Crippen molar-refractivity contribution in [2.45, 2.75) is 25.2 Å². The number of nitrogens with two attached hydrogens (primary N) is 1. The Bertz CT molecular complexity index is 1340. The van der Waals surface area contributed by atoms with Crippen molar-refractivity contribution in [1.82, 2.24) is 19.5 Å². The van der Waals surface area contributed by atoms with Crippen LogP contribution in [-0.2, 0) is 24.9 Å². The van der Waals surface area contributed by atoms with Gasteiger partial charge in [-0.1, -0.05) is 54.1 Å². The van der Waals surface area contributed by atoms with Crippen LogP contribution in [0.3, 0.4) is 0 Å². The zero-order chi connectivity index (χ0) is 23.5. The van der Waals surface area contributed by atoms with Crippen LogP contribution in [0.2, 0.25) is 5.02 Å². The van der Waals surface area contributed by atoms with E-state index < -0.39 is 19.8 Å². The number of nitrogen functional groups attached to an aromatic ring is 1. The molecule has 5 rings (SSSR count). The highest BCUT2D eigenvalue weighted by Gasteiger charge is 2.40. The summed E-state index contributed by atoms with van der Waals surface area (Å²) in [6, 6.07) is 17.1. The molecule has 2 aromatic carbocycles. The number of aromatic nitrogens is 4. The van der Waals surface area contributed by atoms with Crippen molar-refractivity contribution in [1.29, 1.82) is 0 Å². The van der Waals surface area contributed by atoms with E-state index in [1.807, 2.05) is 48.5 Å². The number of anilines is 1. The molecule has 0 bridgehead atoms. The third-order valence-corrected chi connectivity index (χ3v) is 7.44. The minimum absolute atomic E-state index is 0.183. The molecule has 4 aromatic rings. The van der Waals surface area contributed by atoms with E-state index in [-0.39, 0.29) is 13.0 Å². The van der Waals surface area contributed by atoms with Gasteiger partial charge in [-0.05, 0) is 23.3 Å². The molecule has 0 saturated carbocycles. The molecular weight excluding hydrogens is 477 g/mol. The zero-order valence-electron chi connectivity index (χ0n) is 18.2. The van der Waals surface area contributed by atoms with E-state index in [1.165, 1.54) is 6.33 Å². The fourth-order valence-electron chi connectivity index (χ4n) is 3.92. The lowest BCUT2D eigenvalue weighted by molar-refractivity contribution is 0.0137. The van der Waals surface area contributed by atoms with E-state index in [2.05, 4.69) is 15.0 Å². The van der Waals surface area contributed by atoms with Gasteiger partial charge in [-0.15, -0.1) is 0 Å². The summed E-state index contributed by atoms with van der Waals surface area (Å²) in [6.07, 6.45) is 2.50. The van der Waals surface area contributed by atoms with Crippen LogP contribution in [-0.4, -0.2) is 32.5 Å². The fraction of sp³-hybridized carbons (Fsp3) is 0.261. The topological polar surface area (TPSA) is 114 Å². The maximum atomic E-state index is 13.6. The average Bonchev–Trinajstić information content (AvgIpc) is 3.26. The Kier molecular flexibility index (Phi) is 6.63. The highest BCUT2D eigenvalue weighted by molar-refractivity contribution is 7.53. The number of benzene rings is 2. The molecule has 1 aliphatic heterocycles. The SMILES string of the molecule is Nc1ncnc2c1ncn2CCOC[P@]1(=O)O[C@H](c2ccccc2)C[C@@H](c2cccc(Cl)c2)O1. The van der Waals surface area contributed by atoms with Crippen molar-refractivity contribution >= 4 is 36.2 Å². The molecule has 3 heterocycles. The molecule has 0 spiro atoms. The van der Waals surface area contributed by atoms with Gasteiger partial charge in [0.25, 0.3) is 0 Å². The Labute approximate surface area is 201 Å². The van der Waals surface area contributed by atoms with Crippen LogP contribution in [0.5, 0.6) is 0 Å². The van der Waals surface area contributed by atoms with Gasteiger partial charge < -0.3 is 15.0 Å². The van der Waals surface area contributed by atoms with Crippen molar-refractivity contribution in [3.05, 3.63) is 83.4 Å². The van der Waals surface area contributed by atoms with Crippen molar-refractivity contribution in [2.24, 2.45) is 0 Å². The molecule has 9 nitrogen and oxygen atoms in total. The lowest BCUT2D eigenvalue weighted by Gasteiger charge is -2.35. The number of nitrogens with zero attached hydrogens (tertiary/aromatic N) is 4. The molecule has 11 heteroatoms. The monoisotopic (exact) mass is 499 g/mol. The predicted octanol–water partition coefficient (Wildman–Crippen LogP) is 5.15. The van der Waals surface area contributed by atoms with Crippen molar-refractivity contribution in [2.75, 3.05) is 18.7 Å². The Hall–Kier alpha value is -2.81. The van der Waals surface area contributed by atoms with Gasteiger partial charge in [0.15, 0.2) is 11.5 Å². The van der Waals surface area contributed by atoms with Crippen LogP contribution in [0.4, 0.5) is 5.82 Å². The number of fused-ring (bicyclic) bond motifs is 1. The van der Waals surface area contributed by atoms with Crippen molar-refractivity contribution in [3.8, 4) is 0 Å². The maximum absolute atomic E-state index is 13.6. The number of halogens is 1. The fourth-order valence-corrected chi connectivity index (χ4v) is 5.84. The largest absolute Gasteiger partial charge is 0.382 e. The Morgan fingerprint density at radius 3 is 2.62 bits per heavy atom. The van der Waals surface area contributed by atoms with Crippen LogP contribution in [0, 0.1) is 0 Å². The molecule has 1 aliphatic rings. The Balaban J connectivity index is 1.29. The lowest BCUT2D eigenvalue weighted by Crippen LogP contribution is -2.20. The van der Waals surface area contributed by atoms with E-state index in [4.69, 9.17) is 31.1 Å². The number of rotatable bonds is 7. The Morgan fingerprint density at radius 1 is 1.06 bits per heavy atom. The molecular formula is C23H23ClN5O4P. The van der Waals surface area contributed by atoms with E-state index in [0.29, 0.717) is 35.0 Å². The molecule has 1 saturated heterocycles. The molecule has 0 unspecified atom stereocenters. The summed E-state index contributed by atoms with van der Waals surface area (Å²) >= 11 is 6.19. The Morgan fingerprint density at radius 2 is 1.82 bits per heavy atom. The van der Waals surface area contributed by atoms with Gasteiger partial charge in [-0.25, -0.2) is 15.0 Å². The van der Waals surface area contributed by atoms with Crippen LogP contribution < -0.4 is 5.73 Å². The molecule has 0 aliphatic carbocycles. The van der Waals surface area contributed by atoms with Gasteiger partial charge in [0.2, 0.25) is 0 Å². The minimum Gasteiger partial charge on any atom is -0.382 e. The highest BCUT2D eigenvalue weighted by atomic mass is 35.5. The van der Waals surface area contributed by atoms with E-state index in [9.17, 15) is 4.57 Å². The normalized spacial score (nSPS) is 22.7. The van der Waals surface area contributed by atoms with E-state index in [0.717, 1.165) is 11.1 Å². The standard InChI is InChI=1S/C23H23ClN5O4P/c24-18-8-4-7-17(11-18)20-12-19(16-5-2-1-3-6-16)32-34(30,33-20)15-31-10-9-29-14-28-21-22(25)26-13-27-23(21)29/h1-8,11,13-14,19-20H,9-10,12,15H2,(H2,25,26,27)/t19-,20-,34-/m0/s1. The minimum atomic E-state index is -3.57. The van der Waals surface area contributed by atoms with Gasteiger partial charge in [-0.3, -0.25) is 13.6 Å². The first-order valence-corrected chi connectivity index (χ1v) is 12.9. The molecule has 2 aromatic heterocycles. The summed E-state index contributed by atoms with van der Waals surface area (Å²) in [5.74, 6) is 0.317. The molecule has 2 N–H and O–H groups in total.